The summed E-state index contributed by atoms with van der Waals surface area (Å²) in [5.41, 5.74) is 1.19. The van der Waals surface area contributed by atoms with Gasteiger partial charge in [0.05, 0.1) is 6.61 Å². The molecule has 0 amide bonds. The second-order valence-electron chi connectivity index (χ2n) is 5.25. The minimum atomic E-state index is 0.253. The van der Waals surface area contributed by atoms with Gasteiger partial charge in [0.1, 0.15) is 5.75 Å². The monoisotopic (exact) mass is 283 g/mol. The average Bonchev–Trinajstić information content (AvgIpc) is 2.58. The number of aliphatic hydroxyl groups is 1. The lowest BCUT2D eigenvalue weighted by atomic mass is 10.0. The van der Waals surface area contributed by atoms with Crippen LogP contribution in [0, 0.1) is 5.92 Å². The highest BCUT2D eigenvalue weighted by Crippen LogP contribution is 2.33. The standard InChI is InChI=1S/C15H22ClNO2/c1-11(6-7-18)10-17-14-3-2-8-19-15-9-12(16)4-5-13(14)15/h4-5,9,11,14,17-18H,2-3,6-8,10H2,1H3. The third-order valence-electron chi connectivity index (χ3n) is 3.58. The van der Waals surface area contributed by atoms with Gasteiger partial charge in [0.2, 0.25) is 0 Å². The molecule has 1 aliphatic rings. The summed E-state index contributed by atoms with van der Waals surface area (Å²) in [5.74, 6) is 1.38. The van der Waals surface area contributed by atoms with Crippen LogP contribution in [0.1, 0.15) is 37.8 Å². The lowest BCUT2D eigenvalue weighted by Crippen LogP contribution is -2.26. The van der Waals surface area contributed by atoms with Crippen molar-refractivity contribution in [3.63, 3.8) is 0 Å². The lowest BCUT2D eigenvalue weighted by Gasteiger charge is -2.21. The van der Waals surface area contributed by atoms with Crippen LogP contribution in [0.15, 0.2) is 18.2 Å². The van der Waals surface area contributed by atoms with Crippen molar-refractivity contribution in [3.8, 4) is 5.75 Å². The van der Waals surface area contributed by atoms with Crippen molar-refractivity contribution < 1.29 is 9.84 Å². The molecule has 2 N–H and O–H groups in total. The van der Waals surface area contributed by atoms with Crippen molar-refractivity contribution in [2.24, 2.45) is 5.92 Å². The highest BCUT2D eigenvalue weighted by atomic mass is 35.5. The van der Waals surface area contributed by atoms with E-state index < -0.39 is 0 Å². The van der Waals surface area contributed by atoms with Gasteiger partial charge in [0.15, 0.2) is 0 Å². The van der Waals surface area contributed by atoms with Crippen LogP contribution >= 0.6 is 11.6 Å². The van der Waals surface area contributed by atoms with E-state index in [9.17, 15) is 0 Å². The smallest absolute Gasteiger partial charge is 0.125 e. The topological polar surface area (TPSA) is 41.5 Å². The molecule has 0 aromatic heterocycles. The lowest BCUT2D eigenvalue weighted by molar-refractivity contribution is 0.257. The second-order valence-corrected chi connectivity index (χ2v) is 5.69. The molecule has 1 aromatic carbocycles. The van der Waals surface area contributed by atoms with E-state index in [2.05, 4.69) is 18.3 Å². The number of hydrogen-bond donors (Lipinski definition) is 2. The summed E-state index contributed by atoms with van der Waals surface area (Å²) in [5, 5.41) is 13.2. The largest absolute Gasteiger partial charge is 0.493 e. The first-order chi connectivity index (χ1) is 9.20. The molecule has 0 radical (unpaired) electrons. The Hall–Kier alpha value is -0.770. The maximum Gasteiger partial charge on any atom is 0.125 e. The number of halogens is 1. The van der Waals surface area contributed by atoms with Crippen molar-refractivity contribution in [1.82, 2.24) is 5.32 Å². The van der Waals surface area contributed by atoms with Crippen molar-refractivity contribution in [2.75, 3.05) is 19.8 Å². The molecule has 4 heteroatoms. The Kier molecular flexibility index (Phi) is 5.49. The zero-order chi connectivity index (χ0) is 13.7. The summed E-state index contributed by atoms with van der Waals surface area (Å²) >= 11 is 6.02. The first-order valence-corrected chi connectivity index (χ1v) is 7.35. The fraction of sp³-hybridized carbons (Fsp3) is 0.600. The van der Waals surface area contributed by atoms with E-state index in [-0.39, 0.29) is 6.61 Å². The van der Waals surface area contributed by atoms with Crippen LogP contribution in [-0.2, 0) is 0 Å². The predicted octanol–water partition coefficient (Wildman–Crippen LogP) is 3.16. The molecule has 0 aliphatic carbocycles. The third kappa shape index (κ3) is 4.10. The molecule has 0 spiro atoms. The maximum atomic E-state index is 8.94. The predicted molar refractivity (Wildman–Crippen MR) is 77.8 cm³/mol. The molecule has 0 bridgehead atoms. The Morgan fingerprint density at radius 2 is 2.37 bits per heavy atom. The molecule has 0 saturated heterocycles. The number of hydrogen-bond acceptors (Lipinski definition) is 3. The van der Waals surface area contributed by atoms with Gasteiger partial charge in [-0.2, -0.15) is 0 Å². The Morgan fingerprint density at radius 3 is 3.16 bits per heavy atom. The van der Waals surface area contributed by atoms with Gasteiger partial charge in [-0.3, -0.25) is 0 Å². The minimum Gasteiger partial charge on any atom is -0.493 e. The number of rotatable bonds is 5. The van der Waals surface area contributed by atoms with Gasteiger partial charge in [-0.1, -0.05) is 24.6 Å². The normalized spacial score (nSPS) is 20.3. The van der Waals surface area contributed by atoms with E-state index in [1.165, 1.54) is 5.56 Å². The van der Waals surface area contributed by atoms with Crippen LogP contribution in [0.4, 0.5) is 0 Å². The molecule has 2 unspecified atom stereocenters. The van der Waals surface area contributed by atoms with Gasteiger partial charge in [-0.25, -0.2) is 0 Å². The van der Waals surface area contributed by atoms with Crippen LogP contribution in [0.2, 0.25) is 5.02 Å². The summed E-state index contributed by atoms with van der Waals surface area (Å²) in [4.78, 5) is 0. The van der Waals surface area contributed by atoms with Crippen LogP contribution in [-0.4, -0.2) is 24.9 Å². The molecule has 3 nitrogen and oxygen atoms in total. The quantitative estimate of drug-likeness (QED) is 0.872. The number of benzene rings is 1. The van der Waals surface area contributed by atoms with Crippen molar-refractivity contribution in [2.45, 2.75) is 32.2 Å². The molecular formula is C15H22ClNO2. The summed E-state index contributed by atoms with van der Waals surface area (Å²) in [7, 11) is 0. The Bertz CT molecular complexity index is 411. The highest BCUT2D eigenvalue weighted by molar-refractivity contribution is 6.30. The molecule has 19 heavy (non-hydrogen) atoms. The number of ether oxygens (including phenoxy) is 1. The first-order valence-electron chi connectivity index (χ1n) is 6.97. The third-order valence-corrected chi connectivity index (χ3v) is 3.82. The van der Waals surface area contributed by atoms with Gasteiger partial charge < -0.3 is 15.2 Å². The summed E-state index contributed by atoms with van der Waals surface area (Å²) in [6, 6.07) is 6.18. The fourth-order valence-corrected chi connectivity index (χ4v) is 2.59. The van der Waals surface area contributed by atoms with E-state index >= 15 is 0 Å². The highest BCUT2D eigenvalue weighted by Gasteiger charge is 2.20. The Balaban J connectivity index is 2.05. The number of fused-ring (bicyclic) bond motifs is 1. The van der Waals surface area contributed by atoms with Gasteiger partial charge in [-0.15, -0.1) is 0 Å². The van der Waals surface area contributed by atoms with Crippen molar-refractivity contribution in [1.29, 1.82) is 0 Å². The molecule has 2 atom stereocenters. The molecule has 106 valence electrons. The van der Waals surface area contributed by atoms with Crippen LogP contribution in [0.3, 0.4) is 0 Å². The number of aliphatic hydroxyl groups excluding tert-OH is 1. The molecular weight excluding hydrogens is 262 g/mol. The molecule has 1 aromatic rings. The van der Waals surface area contributed by atoms with E-state index in [1.807, 2.05) is 12.1 Å². The van der Waals surface area contributed by atoms with Crippen LogP contribution in [0.5, 0.6) is 5.75 Å². The first kappa shape index (κ1) is 14.6. The van der Waals surface area contributed by atoms with Crippen LogP contribution in [0.25, 0.3) is 0 Å². The van der Waals surface area contributed by atoms with Crippen molar-refractivity contribution >= 4 is 11.6 Å². The van der Waals surface area contributed by atoms with Gasteiger partial charge >= 0.3 is 0 Å². The molecule has 0 saturated carbocycles. The van der Waals surface area contributed by atoms with Gasteiger partial charge in [-0.05, 0) is 43.9 Å². The van der Waals surface area contributed by atoms with E-state index in [0.717, 1.165) is 38.2 Å². The van der Waals surface area contributed by atoms with Crippen molar-refractivity contribution in [3.05, 3.63) is 28.8 Å². The molecule has 1 heterocycles. The average molecular weight is 284 g/mol. The minimum absolute atomic E-state index is 0.253. The van der Waals surface area contributed by atoms with Gasteiger partial charge in [0, 0.05) is 23.2 Å². The molecule has 0 fully saturated rings. The van der Waals surface area contributed by atoms with Crippen LogP contribution < -0.4 is 10.1 Å². The van der Waals surface area contributed by atoms with E-state index in [4.69, 9.17) is 21.4 Å². The Morgan fingerprint density at radius 1 is 1.53 bits per heavy atom. The summed E-state index contributed by atoms with van der Waals surface area (Å²) < 4.78 is 5.75. The van der Waals surface area contributed by atoms with Gasteiger partial charge in [0.25, 0.3) is 0 Å². The molecule has 1 aliphatic heterocycles. The fourth-order valence-electron chi connectivity index (χ4n) is 2.42. The maximum absolute atomic E-state index is 8.94. The SMILES string of the molecule is CC(CCO)CNC1CCCOc2cc(Cl)ccc21. The number of nitrogens with one attached hydrogen (secondary N) is 1. The molecule has 2 rings (SSSR count). The van der Waals surface area contributed by atoms with E-state index in [0.29, 0.717) is 17.0 Å². The zero-order valence-corrected chi connectivity index (χ0v) is 12.1. The zero-order valence-electron chi connectivity index (χ0n) is 11.4. The summed E-state index contributed by atoms with van der Waals surface area (Å²) in [6.45, 7) is 4.06. The second kappa shape index (κ2) is 7.13. The Labute approximate surface area is 119 Å². The van der Waals surface area contributed by atoms with E-state index in [1.54, 1.807) is 0 Å². The summed E-state index contributed by atoms with van der Waals surface area (Å²) in [6.07, 6.45) is 2.95.